The van der Waals surface area contributed by atoms with Crippen LogP contribution in [0.25, 0.3) is 6.08 Å². The number of rotatable bonds is 3. The number of halogens is 1. The molecule has 0 aliphatic rings. The number of nitrogens with zero attached hydrogens (tertiary/aromatic N) is 1. The summed E-state index contributed by atoms with van der Waals surface area (Å²) in [7, 11) is 1.28. The molecule has 0 saturated carbocycles. The third-order valence-corrected chi connectivity index (χ3v) is 1.85. The van der Waals surface area contributed by atoms with Gasteiger partial charge in [-0.05, 0) is 17.7 Å². The number of carbonyl (C=O) groups is 1. The lowest BCUT2D eigenvalue weighted by atomic mass is 10.1. The number of nitriles is 1. The van der Waals surface area contributed by atoms with Crippen molar-refractivity contribution in [2.75, 3.05) is 7.11 Å². The Labute approximate surface area is 91.2 Å². The Morgan fingerprint density at radius 3 is 2.81 bits per heavy atom. The topological polar surface area (TPSA) is 70.3 Å². The molecule has 0 atom stereocenters. The van der Waals surface area contributed by atoms with Crippen LogP contribution < -0.4 is 4.74 Å². The highest BCUT2D eigenvalue weighted by molar-refractivity contribution is 5.85. The molecule has 5 heteroatoms. The van der Waals surface area contributed by atoms with E-state index in [4.69, 9.17) is 15.1 Å². The van der Waals surface area contributed by atoms with E-state index < -0.39 is 11.8 Å². The van der Waals surface area contributed by atoms with E-state index in [1.54, 1.807) is 0 Å². The van der Waals surface area contributed by atoms with Crippen LogP contribution in [0.1, 0.15) is 11.1 Å². The molecule has 0 spiro atoms. The largest absolute Gasteiger partial charge is 0.494 e. The predicted molar refractivity (Wildman–Crippen MR) is 54.3 cm³/mol. The maximum absolute atomic E-state index is 13.3. The molecule has 82 valence electrons. The highest BCUT2D eigenvalue weighted by Crippen LogP contribution is 2.22. The van der Waals surface area contributed by atoms with E-state index >= 15 is 0 Å². The van der Waals surface area contributed by atoms with Crippen LogP contribution in [0.5, 0.6) is 5.75 Å². The summed E-state index contributed by atoms with van der Waals surface area (Å²) in [4.78, 5) is 10.3. The van der Waals surface area contributed by atoms with E-state index in [1.165, 1.54) is 13.2 Å². The van der Waals surface area contributed by atoms with Gasteiger partial charge in [-0.3, -0.25) is 0 Å². The Kier molecular flexibility index (Phi) is 3.62. The lowest BCUT2D eigenvalue weighted by Gasteiger charge is -2.04. The van der Waals surface area contributed by atoms with Crippen LogP contribution in [-0.2, 0) is 4.79 Å². The predicted octanol–water partition coefficient (Wildman–Crippen LogP) is 1.80. The van der Waals surface area contributed by atoms with Crippen LogP contribution in [0.15, 0.2) is 18.2 Å². The zero-order valence-corrected chi connectivity index (χ0v) is 8.40. The number of hydrogen-bond donors (Lipinski definition) is 1. The van der Waals surface area contributed by atoms with Crippen LogP contribution in [0, 0.1) is 17.1 Å². The Morgan fingerprint density at radius 2 is 2.31 bits per heavy atom. The highest BCUT2D eigenvalue weighted by Gasteiger charge is 2.08. The molecule has 1 rings (SSSR count). The van der Waals surface area contributed by atoms with Gasteiger partial charge in [0.15, 0.2) is 11.6 Å². The second kappa shape index (κ2) is 4.94. The molecular weight excluding hydrogens is 213 g/mol. The number of ether oxygens (including phenoxy) is 1. The van der Waals surface area contributed by atoms with Crippen molar-refractivity contribution >= 4 is 12.0 Å². The Balaban J connectivity index is 3.25. The average Bonchev–Trinajstić information content (AvgIpc) is 2.26. The minimum atomic E-state index is -1.17. The van der Waals surface area contributed by atoms with Crippen molar-refractivity contribution in [2.24, 2.45) is 0 Å². The van der Waals surface area contributed by atoms with Crippen molar-refractivity contribution in [2.45, 2.75) is 0 Å². The second-order valence-corrected chi connectivity index (χ2v) is 2.86. The van der Waals surface area contributed by atoms with Crippen LogP contribution in [0.3, 0.4) is 0 Å². The Hall–Kier alpha value is -2.35. The van der Waals surface area contributed by atoms with Crippen molar-refractivity contribution in [3.63, 3.8) is 0 Å². The number of carboxylic acids is 1. The number of aliphatic carboxylic acids is 1. The van der Waals surface area contributed by atoms with E-state index in [2.05, 4.69) is 0 Å². The van der Waals surface area contributed by atoms with E-state index in [9.17, 15) is 9.18 Å². The number of methoxy groups -OCH3 is 1. The molecule has 0 amide bonds. The first-order valence-corrected chi connectivity index (χ1v) is 4.27. The summed E-state index contributed by atoms with van der Waals surface area (Å²) in [5, 5.41) is 17.2. The van der Waals surface area contributed by atoms with Gasteiger partial charge in [-0.25, -0.2) is 9.18 Å². The van der Waals surface area contributed by atoms with Gasteiger partial charge >= 0.3 is 5.97 Å². The first kappa shape index (κ1) is 11.7. The van der Waals surface area contributed by atoms with Crippen LogP contribution >= 0.6 is 0 Å². The zero-order valence-electron chi connectivity index (χ0n) is 8.40. The van der Waals surface area contributed by atoms with E-state index in [0.29, 0.717) is 0 Å². The molecule has 0 fully saturated rings. The van der Waals surface area contributed by atoms with E-state index in [-0.39, 0.29) is 16.9 Å². The normalized spacial score (nSPS) is 10.1. The molecule has 4 nitrogen and oxygen atoms in total. The maximum atomic E-state index is 13.3. The standard InChI is InChI=1S/C11H8FNO3/c1-16-10-5-8(6-13)7(4-9(10)12)2-3-11(14)15/h2-5H,1H3,(H,14,15)/b3-2+. The fourth-order valence-electron chi connectivity index (χ4n) is 1.12. The second-order valence-electron chi connectivity index (χ2n) is 2.86. The zero-order chi connectivity index (χ0) is 12.1. The Morgan fingerprint density at radius 1 is 1.62 bits per heavy atom. The van der Waals surface area contributed by atoms with Gasteiger partial charge in [-0.1, -0.05) is 0 Å². The summed E-state index contributed by atoms with van der Waals surface area (Å²) < 4.78 is 18.0. The number of benzene rings is 1. The molecule has 0 saturated heterocycles. The van der Waals surface area contributed by atoms with E-state index in [0.717, 1.165) is 18.2 Å². The minimum Gasteiger partial charge on any atom is -0.494 e. The molecule has 16 heavy (non-hydrogen) atoms. The molecule has 0 radical (unpaired) electrons. The third kappa shape index (κ3) is 2.58. The van der Waals surface area contributed by atoms with Crippen molar-refractivity contribution in [3.8, 4) is 11.8 Å². The quantitative estimate of drug-likeness (QED) is 0.790. The monoisotopic (exact) mass is 221 g/mol. The van der Waals surface area contributed by atoms with Crippen LogP contribution in [0.4, 0.5) is 4.39 Å². The molecule has 1 aromatic carbocycles. The summed E-state index contributed by atoms with van der Waals surface area (Å²) in [6.07, 6.45) is 1.99. The van der Waals surface area contributed by atoms with Crippen LogP contribution in [-0.4, -0.2) is 18.2 Å². The van der Waals surface area contributed by atoms with Crippen molar-refractivity contribution in [1.82, 2.24) is 0 Å². The third-order valence-electron chi connectivity index (χ3n) is 1.85. The van der Waals surface area contributed by atoms with Gasteiger partial charge in [-0.15, -0.1) is 0 Å². The summed E-state index contributed by atoms with van der Waals surface area (Å²) >= 11 is 0. The molecule has 0 bridgehead atoms. The smallest absolute Gasteiger partial charge is 0.328 e. The molecule has 0 aliphatic carbocycles. The van der Waals surface area contributed by atoms with Crippen molar-refractivity contribution in [1.29, 1.82) is 5.26 Å². The van der Waals surface area contributed by atoms with Gasteiger partial charge in [0.2, 0.25) is 0 Å². The van der Waals surface area contributed by atoms with Gasteiger partial charge in [0.25, 0.3) is 0 Å². The summed E-state index contributed by atoms with van der Waals surface area (Å²) in [5.74, 6) is -1.87. The van der Waals surface area contributed by atoms with Crippen molar-refractivity contribution in [3.05, 3.63) is 35.2 Å². The minimum absolute atomic E-state index is 0.0518. The lowest BCUT2D eigenvalue weighted by molar-refractivity contribution is -0.131. The molecule has 0 aliphatic heterocycles. The number of carboxylic acid groups (broad SMARTS) is 1. The lowest BCUT2D eigenvalue weighted by Crippen LogP contribution is -1.93. The summed E-state index contributed by atoms with van der Waals surface area (Å²) in [6, 6.07) is 4.10. The average molecular weight is 221 g/mol. The maximum Gasteiger partial charge on any atom is 0.328 e. The number of hydrogen-bond acceptors (Lipinski definition) is 3. The van der Waals surface area contributed by atoms with Gasteiger partial charge in [-0.2, -0.15) is 5.26 Å². The summed E-state index contributed by atoms with van der Waals surface area (Å²) in [5.41, 5.74) is 0.346. The summed E-state index contributed by atoms with van der Waals surface area (Å²) in [6.45, 7) is 0. The molecule has 0 aromatic heterocycles. The molecule has 1 N–H and O–H groups in total. The molecule has 0 unspecified atom stereocenters. The first-order chi connectivity index (χ1) is 7.58. The molecular formula is C11H8FNO3. The SMILES string of the molecule is COc1cc(C#N)c(/C=C/C(=O)O)cc1F. The Bertz CT molecular complexity index is 489. The fraction of sp³-hybridized carbons (Fsp3) is 0.0909. The fourth-order valence-corrected chi connectivity index (χ4v) is 1.12. The first-order valence-electron chi connectivity index (χ1n) is 4.27. The van der Waals surface area contributed by atoms with Gasteiger partial charge in [0, 0.05) is 12.1 Å². The van der Waals surface area contributed by atoms with Crippen LogP contribution in [0.2, 0.25) is 0 Å². The van der Waals surface area contributed by atoms with Gasteiger partial charge in [0.05, 0.1) is 18.7 Å². The highest BCUT2D eigenvalue weighted by atomic mass is 19.1. The van der Waals surface area contributed by atoms with E-state index in [1.807, 2.05) is 6.07 Å². The molecule has 1 aromatic rings. The molecule has 0 heterocycles. The van der Waals surface area contributed by atoms with Gasteiger partial charge in [0.1, 0.15) is 0 Å². The van der Waals surface area contributed by atoms with Gasteiger partial charge < -0.3 is 9.84 Å². The van der Waals surface area contributed by atoms with Crippen molar-refractivity contribution < 1.29 is 19.0 Å².